The number of aryl methyl sites for hydroxylation is 1. The van der Waals surface area contributed by atoms with Crippen LogP contribution in [0.5, 0.6) is 0 Å². The Morgan fingerprint density at radius 3 is 2.56 bits per heavy atom. The first kappa shape index (κ1) is 14.2. The quantitative estimate of drug-likeness (QED) is 0.827. The van der Waals surface area contributed by atoms with E-state index < -0.39 is 12.6 Å². The summed E-state index contributed by atoms with van der Waals surface area (Å²) in [5.74, 6) is -1.35. The van der Waals surface area contributed by atoms with E-state index >= 15 is 0 Å². The van der Waals surface area contributed by atoms with Crippen LogP contribution in [0.4, 0.5) is 5.69 Å². The molecule has 18 heavy (non-hydrogen) atoms. The molecule has 0 fully saturated rings. The first-order valence-electron chi connectivity index (χ1n) is 5.70. The molecular weight excluding hydrogens is 234 g/mol. The number of carbonyl (C=O) groups excluding carboxylic acids is 1. The molecular formula is C13H17NO4. The fourth-order valence-electron chi connectivity index (χ4n) is 1.59. The average Bonchev–Trinajstić information content (AvgIpc) is 2.37. The van der Waals surface area contributed by atoms with E-state index in [-0.39, 0.29) is 12.5 Å². The van der Waals surface area contributed by atoms with Crippen molar-refractivity contribution in [1.82, 2.24) is 0 Å². The smallest absolute Gasteiger partial charge is 0.329 e. The highest BCUT2D eigenvalue weighted by atomic mass is 16.5. The molecule has 0 aliphatic heterocycles. The van der Waals surface area contributed by atoms with Gasteiger partial charge < -0.3 is 14.7 Å². The number of carbonyl (C=O) groups is 2. The van der Waals surface area contributed by atoms with Gasteiger partial charge in [0.05, 0.1) is 0 Å². The van der Waals surface area contributed by atoms with E-state index in [0.717, 1.165) is 17.7 Å². The molecule has 1 aromatic rings. The maximum Gasteiger partial charge on any atom is 0.329 e. The molecule has 1 aromatic carbocycles. The Bertz CT molecular complexity index is 431. The fraction of sp³-hybridized carbons (Fsp3) is 0.385. The molecule has 0 radical (unpaired) electrons. The number of hydrogen-bond donors (Lipinski definition) is 1. The summed E-state index contributed by atoms with van der Waals surface area (Å²) in [7, 11) is 1.65. The first-order valence-corrected chi connectivity index (χ1v) is 5.70. The highest BCUT2D eigenvalue weighted by molar-refractivity contribution is 5.94. The molecule has 0 atom stereocenters. The Morgan fingerprint density at radius 1 is 1.28 bits per heavy atom. The number of anilines is 1. The van der Waals surface area contributed by atoms with Gasteiger partial charge in [-0.05, 0) is 18.1 Å². The maximum atomic E-state index is 11.8. The molecule has 0 heterocycles. The number of rotatable bonds is 6. The Morgan fingerprint density at radius 2 is 1.94 bits per heavy atom. The van der Waals surface area contributed by atoms with Crippen LogP contribution >= 0.6 is 0 Å². The van der Waals surface area contributed by atoms with E-state index in [0.29, 0.717) is 0 Å². The van der Waals surface area contributed by atoms with Crippen LogP contribution in [0.25, 0.3) is 0 Å². The van der Waals surface area contributed by atoms with Crippen molar-refractivity contribution in [3.8, 4) is 0 Å². The molecule has 0 bridgehead atoms. The Labute approximate surface area is 106 Å². The van der Waals surface area contributed by atoms with Gasteiger partial charge in [-0.15, -0.1) is 0 Å². The van der Waals surface area contributed by atoms with Crippen LogP contribution in [-0.4, -0.2) is 37.2 Å². The molecule has 0 saturated heterocycles. The molecule has 1 N–H and O–H groups in total. The lowest BCUT2D eigenvalue weighted by molar-refractivity contribution is -0.143. The molecule has 0 aliphatic rings. The fourth-order valence-corrected chi connectivity index (χ4v) is 1.59. The Hall–Kier alpha value is -1.88. The third-order valence-electron chi connectivity index (χ3n) is 2.56. The molecule has 0 saturated carbocycles. The van der Waals surface area contributed by atoms with Gasteiger partial charge in [0.1, 0.15) is 13.2 Å². The molecule has 0 aromatic heterocycles. The number of benzene rings is 1. The van der Waals surface area contributed by atoms with Crippen molar-refractivity contribution < 1.29 is 19.4 Å². The normalized spacial score (nSPS) is 10.1. The summed E-state index contributed by atoms with van der Waals surface area (Å²) in [6.45, 7) is 1.31. The summed E-state index contributed by atoms with van der Waals surface area (Å²) >= 11 is 0. The molecule has 0 spiro atoms. The third kappa shape index (κ3) is 3.85. The minimum absolute atomic E-state index is 0.235. The van der Waals surface area contributed by atoms with Crippen molar-refractivity contribution in [3.63, 3.8) is 0 Å². The number of ether oxygens (including phenoxy) is 1. The number of amides is 1. The van der Waals surface area contributed by atoms with Crippen LogP contribution in [0.1, 0.15) is 12.5 Å². The number of nitrogens with zero attached hydrogens (tertiary/aromatic N) is 1. The standard InChI is InChI=1S/C13H17NO4/c1-3-10-6-4-5-7-11(10)14(2)12(15)8-18-9-13(16)17/h4-7H,3,8-9H2,1-2H3,(H,16,17). The second-order valence-corrected chi connectivity index (χ2v) is 3.82. The van der Waals surface area contributed by atoms with Gasteiger partial charge in [0.2, 0.25) is 0 Å². The summed E-state index contributed by atoms with van der Waals surface area (Å²) in [6, 6.07) is 7.59. The highest BCUT2D eigenvalue weighted by Gasteiger charge is 2.13. The first-order chi connectivity index (χ1) is 8.56. The third-order valence-corrected chi connectivity index (χ3v) is 2.56. The zero-order valence-electron chi connectivity index (χ0n) is 10.5. The minimum atomic E-state index is -1.08. The van der Waals surface area contributed by atoms with Crippen LogP contribution in [0.2, 0.25) is 0 Å². The van der Waals surface area contributed by atoms with Gasteiger partial charge in [0.15, 0.2) is 0 Å². The van der Waals surface area contributed by atoms with Crippen LogP contribution < -0.4 is 4.90 Å². The number of carboxylic acid groups (broad SMARTS) is 1. The van der Waals surface area contributed by atoms with E-state index in [9.17, 15) is 9.59 Å². The van der Waals surface area contributed by atoms with Crippen LogP contribution in [0.3, 0.4) is 0 Å². The van der Waals surface area contributed by atoms with Crippen molar-refractivity contribution >= 4 is 17.6 Å². The lowest BCUT2D eigenvalue weighted by Gasteiger charge is -2.20. The Kier molecular flexibility index (Phi) is 5.32. The van der Waals surface area contributed by atoms with Crippen molar-refractivity contribution in [2.75, 3.05) is 25.2 Å². The van der Waals surface area contributed by atoms with Crippen molar-refractivity contribution in [2.45, 2.75) is 13.3 Å². The monoisotopic (exact) mass is 251 g/mol. The van der Waals surface area contributed by atoms with Crippen molar-refractivity contribution in [3.05, 3.63) is 29.8 Å². The number of para-hydroxylation sites is 1. The van der Waals surface area contributed by atoms with E-state index in [1.54, 1.807) is 7.05 Å². The number of carboxylic acids is 1. The zero-order chi connectivity index (χ0) is 13.5. The Balaban J connectivity index is 2.65. The summed E-state index contributed by atoms with van der Waals surface area (Å²) in [6.07, 6.45) is 0.823. The lowest BCUT2D eigenvalue weighted by atomic mass is 10.1. The van der Waals surface area contributed by atoms with Gasteiger partial charge in [-0.2, -0.15) is 0 Å². The molecule has 5 nitrogen and oxygen atoms in total. The number of aliphatic carboxylic acids is 1. The average molecular weight is 251 g/mol. The van der Waals surface area contributed by atoms with E-state index in [1.807, 2.05) is 31.2 Å². The molecule has 1 rings (SSSR count). The van der Waals surface area contributed by atoms with Crippen LogP contribution in [-0.2, 0) is 20.7 Å². The molecule has 98 valence electrons. The van der Waals surface area contributed by atoms with Gasteiger partial charge in [-0.1, -0.05) is 25.1 Å². The predicted molar refractivity (Wildman–Crippen MR) is 67.7 cm³/mol. The SMILES string of the molecule is CCc1ccccc1N(C)C(=O)COCC(=O)O. The van der Waals surface area contributed by atoms with E-state index in [2.05, 4.69) is 0 Å². The molecule has 5 heteroatoms. The van der Waals surface area contributed by atoms with Crippen LogP contribution in [0, 0.1) is 0 Å². The van der Waals surface area contributed by atoms with Gasteiger partial charge in [0.25, 0.3) is 5.91 Å². The number of likely N-dealkylation sites (N-methyl/N-ethyl adjacent to an activating group) is 1. The number of hydrogen-bond acceptors (Lipinski definition) is 3. The van der Waals surface area contributed by atoms with Gasteiger partial charge in [0, 0.05) is 12.7 Å². The summed E-state index contributed by atoms with van der Waals surface area (Å²) in [5, 5.41) is 8.41. The summed E-state index contributed by atoms with van der Waals surface area (Å²) in [4.78, 5) is 23.6. The predicted octanol–water partition coefficient (Wildman–Crippen LogP) is 1.31. The largest absolute Gasteiger partial charge is 0.480 e. The zero-order valence-corrected chi connectivity index (χ0v) is 10.5. The minimum Gasteiger partial charge on any atom is -0.480 e. The summed E-state index contributed by atoms with van der Waals surface area (Å²) < 4.78 is 4.78. The molecule has 0 aliphatic carbocycles. The summed E-state index contributed by atoms with van der Waals surface area (Å²) in [5.41, 5.74) is 1.88. The second kappa shape index (κ2) is 6.76. The molecule has 1 amide bonds. The van der Waals surface area contributed by atoms with Gasteiger partial charge in [-0.3, -0.25) is 4.79 Å². The van der Waals surface area contributed by atoms with Crippen molar-refractivity contribution in [1.29, 1.82) is 0 Å². The van der Waals surface area contributed by atoms with E-state index in [4.69, 9.17) is 9.84 Å². The molecule has 0 unspecified atom stereocenters. The van der Waals surface area contributed by atoms with Gasteiger partial charge >= 0.3 is 5.97 Å². The second-order valence-electron chi connectivity index (χ2n) is 3.82. The topological polar surface area (TPSA) is 66.8 Å². The highest BCUT2D eigenvalue weighted by Crippen LogP contribution is 2.19. The maximum absolute atomic E-state index is 11.8. The van der Waals surface area contributed by atoms with E-state index in [1.165, 1.54) is 4.90 Å². The van der Waals surface area contributed by atoms with Crippen LogP contribution in [0.15, 0.2) is 24.3 Å². The van der Waals surface area contributed by atoms with Crippen molar-refractivity contribution in [2.24, 2.45) is 0 Å². The van der Waals surface area contributed by atoms with Gasteiger partial charge in [-0.25, -0.2) is 4.79 Å². The lowest BCUT2D eigenvalue weighted by Crippen LogP contribution is -2.31.